The van der Waals surface area contributed by atoms with Crippen molar-refractivity contribution in [2.24, 2.45) is 0 Å². The number of aromatic carboxylic acids is 1. The van der Waals surface area contributed by atoms with E-state index in [0.29, 0.717) is 10.4 Å². The Morgan fingerprint density at radius 1 is 1.45 bits per heavy atom. The number of rotatable bonds is 4. The van der Waals surface area contributed by atoms with Crippen molar-refractivity contribution in [2.75, 3.05) is 0 Å². The first-order chi connectivity index (χ1) is 8.95. The van der Waals surface area contributed by atoms with Gasteiger partial charge in [-0.15, -0.1) is 0 Å². The Kier molecular flexibility index (Phi) is 4.61. The molecule has 1 rings (SSSR count). The van der Waals surface area contributed by atoms with Crippen LogP contribution in [-0.4, -0.2) is 19.4 Å². The number of carboxylic acid groups (broad SMARTS) is 1. The lowest BCUT2D eigenvalue weighted by Gasteiger charge is -2.37. The van der Waals surface area contributed by atoms with E-state index >= 15 is 0 Å². The first-order valence-electron chi connectivity index (χ1n) is 6.60. The molecule has 5 nitrogen and oxygen atoms in total. The predicted molar refractivity (Wildman–Crippen MR) is 79.1 cm³/mol. The Morgan fingerprint density at radius 2 is 2.00 bits per heavy atom. The Labute approximate surface area is 120 Å². The number of nitrogens with zero attached hydrogens (tertiary/aromatic N) is 1. The van der Waals surface area contributed by atoms with E-state index in [0.717, 1.165) is 0 Å². The van der Waals surface area contributed by atoms with E-state index < -0.39 is 20.4 Å². The van der Waals surface area contributed by atoms with Gasteiger partial charge in [0.15, 0.2) is 14.5 Å². The Morgan fingerprint density at radius 3 is 2.45 bits per heavy atom. The minimum Gasteiger partial charge on any atom is -0.618 e. The van der Waals surface area contributed by atoms with Gasteiger partial charge in [-0.05, 0) is 25.1 Å². The van der Waals surface area contributed by atoms with Crippen LogP contribution in [0, 0.1) is 5.21 Å². The highest BCUT2D eigenvalue weighted by atomic mass is 28.4. The van der Waals surface area contributed by atoms with Crippen molar-refractivity contribution in [2.45, 2.75) is 51.9 Å². The molecule has 0 fully saturated rings. The summed E-state index contributed by atoms with van der Waals surface area (Å²) in [5.74, 6) is -1.05. The SMILES string of the molecule is CC(O[Si](C)(C)C(C)(C)C)c1cc(C(=O)O)cc[n+]1[O-]. The first-order valence-corrected chi connectivity index (χ1v) is 9.51. The zero-order valence-electron chi connectivity index (χ0n) is 12.9. The summed E-state index contributed by atoms with van der Waals surface area (Å²) in [5, 5.41) is 20.9. The molecule has 1 atom stereocenters. The molecule has 1 heterocycles. The zero-order chi connectivity index (χ0) is 15.7. The molecule has 0 aromatic carbocycles. The maximum absolute atomic E-state index is 11.8. The second-order valence-electron chi connectivity index (χ2n) is 6.49. The molecule has 0 spiro atoms. The molecule has 1 unspecified atom stereocenters. The summed E-state index contributed by atoms with van der Waals surface area (Å²) in [6.07, 6.45) is 0.775. The average Bonchev–Trinajstić information content (AvgIpc) is 2.26. The molecule has 0 aliphatic heterocycles. The van der Waals surface area contributed by atoms with Gasteiger partial charge in [0.1, 0.15) is 6.10 Å². The highest BCUT2D eigenvalue weighted by Gasteiger charge is 2.39. The molecule has 0 aliphatic carbocycles. The van der Waals surface area contributed by atoms with Crippen molar-refractivity contribution >= 4 is 14.3 Å². The third kappa shape index (κ3) is 3.58. The molecular weight excluding hydrogens is 274 g/mol. The fourth-order valence-corrected chi connectivity index (χ4v) is 2.97. The molecule has 0 amide bonds. The summed E-state index contributed by atoms with van der Waals surface area (Å²) >= 11 is 0. The number of hydrogen-bond acceptors (Lipinski definition) is 3. The smallest absolute Gasteiger partial charge is 0.336 e. The molecule has 1 aromatic rings. The van der Waals surface area contributed by atoms with Crippen LogP contribution in [0.5, 0.6) is 0 Å². The van der Waals surface area contributed by atoms with Gasteiger partial charge in [-0.2, -0.15) is 4.73 Å². The summed E-state index contributed by atoms with van der Waals surface area (Å²) in [6.45, 7) is 12.3. The molecule has 0 radical (unpaired) electrons. The van der Waals surface area contributed by atoms with Gasteiger partial charge < -0.3 is 14.7 Å². The van der Waals surface area contributed by atoms with E-state index in [4.69, 9.17) is 9.53 Å². The fraction of sp³-hybridized carbons (Fsp3) is 0.571. The van der Waals surface area contributed by atoms with Crippen LogP contribution in [0.3, 0.4) is 0 Å². The summed E-state index contributed by atoms with van der Waals surface area (Å²) in [5.41, 5.74) is 0.424. The van der Waals surface area contributed by atoms with Gasteiger partial charge in [-0.3, -0.25) is 0 Å². The van der Waals surface area contributed by atoms with E-state index in [1.165, 1.54) is 18.3 Å². The number of aromatic nitrogens is 1. The largest absolute Gasteiger partial charge is 0.618 e. The average molecular weight is 297 g/mol. The van der Waals surface area contributed by atoms with E-state index in [9.17, 15) is 10.0 Å². The molecule has 0 aliphatic rings. The monoisotopic (exact) mass is 297 g/mol. The number of carboxylic acids is 1. The van der Waals surface area contributed by atoms with Gasteiger partial charge >= 0.3 is 5.97 Å². The van der Waals surface area contributed by atoms with Crippen molar-refractivity contribution in [3.05, 3.63) is 34.8 Å². The topological polar surface area (TPSA) is 73.5 Å². The van der Waals surface area contributed by atoms with Crippen molar-refractivity contribution in [1.82, 2.24) is 0 Å². The van der Waals surface area contributed by atoms with Gasteiger partial charge in [0.25, 0.3) is 0 Å². The van der Waals surface area contributed by atoms with Crippen molar-refractivity contribution in [1.29, 1.82) is 0 Å². The number of hydrogen-bond donors (Lipinski definition) is 1. The van der Waals surface area contributed by atoms with Crippen LogP contribution >= 0.6 is 0 Å². The van der Waals surface area contributed by atoms with Crippen molar-refractivity contribution in [3.63, 3.8) is 0 Å². The lowest BCUT2D eigenvalue weighted by molar-refractivity contribution is -0.618. The first kappa shape index (κ1) is 16.7. The van der Waals surface area contributed by atoms with Crippen molar-refractivity contribution in [3.8, 4) is 0 Å². The van der Waals surface area contributed by atoms with Crippen LogP contribution in [0.25, 0.3) is 0 Å². The zero-order valence-corrected chi connectivity index (χ0v) is 13.9. The molecular formula is C14H23NO4Si. The maximum atomic E-state index is 11.8. The second-order valence-corrected chi connectivity index (χ2v) is 11.2. The Balaban J connectivity index is 3.07. The number of carbonyl (C=O) groups is 1. The number of pyridine rings is 1. The fourth-order valence-electron chi connectivity index (χ4n) is 1.61. The van der Waals surface area contributed by atoms with Gasteiger partial charge in [-0.25, -0.2) is 4.79 Å². The van der Waals surface area contributed by atoms with Crippen LogP contribution in [0.4, 0.5) is 0 Å². The molecule has 0 saturated carbocycles. The molecule has 1 N–H and O–H groups in total. The molecule has 6 heteroatoms. The Hall–Kier alpha value is -1.40. The third-order valence-electron chi connectivity index (χ3n) is 3.89. The molecule has 0 saturated heterocycles. The lowest BCUT2D eigenvalue weighted by atomic mass is 10.2. The van der Waals surface area contributed by atoms with Crippen LogP contribution in [0.15, 0.2) is 18.3 Å². The third-order valence-corrected chi connectivity index (χ3v) is 8.44. The molecule has 20 heavy (non-hydrogen) atoms. The second kappa shape index (κ2) is 5.53. The van der Waals surface area contributed by atoms with E-state index in [-0.39, 0.29) is 10.6 Å². The Bertz CT molecular complexity index is 508. The summed E-state index contributed by atoms with van der Waals surface area (Å²) in [4.78, 5) is 11.0. The van der Waals surface area contributed by atoms with Crippen LogP contribution in [0.1, 0.15) is 49.9 Å². The lowest BCUT2D eigenvalue weighted by Crippen LogP contribution is -2.43. The highest BCUT2D eigenvalue weighted by Crippen LogP contribution is 2.39. The molecule has 0 bridgehead atoms. The summed E-state index contributed by atoms with van der Waals surface area (Å²) < 4.78 is 6.80. The van der Waals surface area contributed by atoms with E-state index in [1.807, 2.05) is 0 Å². The summed E-state index contributed by atoms with van der Waals surface area (Å²) in [6, 6.07) is 2.67. The predicted octanol–water partition coefficient (Wildman–Crippen LogP) is 3.10. The van der Waals surface area contributed by atoms with E-state index in [2.05, 4.69) is 33.9 Å². The van der Waals surface area contributed by atoms with Crippen LogP contribution < -0.4 is 4.73 Å². The van der Waals surface area contributed by atoms with Gasteiger partial charge in [0, 0.05) is 12.1 Å². The highest BCUT2D eigenvalue weighted by molar-refractivity contribution is 6.74. The summed E-state index contributed by atoms with van der Waals surface area (Å²) in [7, 11) is -2.02. The molecule has 1 aromatic heterocycles. The quantitative estimate of drug-likeness (QED) is 0.526. The van der Waals surface area contributed by atoms with E-state index in [1.54, 1.807) is 6.92 Å². The minimum atomic E-state index is -2.02. The van der Waals surface area contributed by atoms with Gasteiger partial charge in [0.05, 0.1) is 5.56 Å². The molecule has 112 valence electrons. The van der Waals surface area contributed by atoms with Gasteiger partial charge in [0.2, 0.25) is 5.69 Å². The van der Waals surface area contributed by atoms with Gasteiger partial charge in [-0.1, -0.05) is 20.8 Å². The van der Waals surface area contributed by atoms with Crippen LogP contribution in [0.2, 0.25) is 18.1 Å². The normalized spacial score (nSPS) is 14.1. The minimum absolute atomic E-state index is 0.0272. The standard InChI is InChI=1S/C14H23NO4Si/c1-10(19-20(5,6)14(2,3)4)12-9-11(13(16)17)7-8-15(12)18/h7-10H,1-6H3,(H,16,17). The van der Waals surface area contributed by atoms with Crippen molar-refractivity contribution < 1.29 is 19.1 Å². The maximum Gasteiger partial charge on any atom is 0.336 e. The van der Waals surface area contributed by atoms with Crippen LogP contribution in [-0.2, 0) is 4.43 Å².